The predicted octanol–water partition coefficient (Wildman–Crippen LogP) is 7.49. The standard InChI is InChI=1S/C34H30O4/c1-21(35)19-37-33-27-15-7-3-11-23(27)31(24-12-4-8-16-28(24)33)32-25-13-5-9-17-29(25)34(38-20-22(2)36)30-18-10-6-14-26(30)32/h3-18,21-22,35-36H,19-20H2,1-2H3. The third kappa shape index (κ3) is 4.12. The molecule has 4 heteroatoms. The van der Waals surface area contributed by atoms with Crippen LogP contribution in [0.5, 0.6) is 11.5 Å². The summed E-state index contributed by atoms with van der Waals surface area (Å²) >= 11 is 0. The van der Waals surface area contributed by atoms with Gasteiger partial charge < -0.3 is 19.7 Å². The summed E-state index contributed by atoms with van der Waals surface area (Å²) in [5, 5.41) is 28.3. The molecule has 6 rings (SSSR count). The third-order valence-corrected chi connectivity index (χ3v) is 6.95. The second kappa shape index (κ2) is 9.97. The van der Waals surface area contributed by atoms with Crippen molar-refractivity contribution in [1.82, 2.24) is 0 Å². The highest BCUT2D eigenvalue weighted by Crippen LogP contribution is 2.49. The first kappa shape index (κ1) is 24.2. The molecule has 0 radical (unpaired) electrons. The summed E-state index contributed by atoms with van der Waals surface area (Å²) in [6.07, 6.45) is -1.15. The summed E-state index contributed by atoms with van der Waals surface area (Å²) < 4.78 is 12.5. The molecule has 6 aromatic rings. The van der Waals surface area contributed by atoms with Gasteiger partial charge in [0.25, 0.3) is 0 Å². The second-order valence-corrected chi connectivity index (χ2v) is 9.91. The van der Waals surface area contributed by atoms with Gasteiger partial charge in [0, 0.05) is 21.5 Å². The van der Waals surface area contributed by atoms with E-state index in [2.05, 4.69) is 72.8 Å². The highest BCUT2D eigenvalue weighted by Gasteiger charge is 2.22. The summed E-state index contributed by atoms with van der Waals surface area (Å²) in [4.78, 5) is 0. The molecular formula is C34H30O4. The Bertz CT molecular complexity index is 1540. The normalized spacial score (nSPS) is 13.3. The topological polar surface area (TPSA) is 58.9 Å². The number of fused-ring (bicyclic) bond motifs is 4. The molecule has 0 aromatic heterocycles. The van der Waals surface area contributed by atoms with E-state index in [0.29, 0.717) is 0 Å². The average Bonchev–Trinajstić information content (AvgIpc) is 2.93. The zero-order chi connectivity index (χ0) is 26.2. The van der Waals surface area contributed by atoms with E-state index in [4.69, 9.17) is 9.47 Å². The summed E-state index contributed by atoms with van der Waals surface area (Å²) in [5.41, 5.74) is 2.27. The Morgan fingerprint density at radius 1 is 0.447 bits per heavy atom. The Balaban J connectivity index is 1.78. The van der Waals surface area contributed by atoms with Gasteiger partial charge in [-0.05, 0) is 46.5 Å². The zero-order valence-corrected chi connectivity index (χ0v) is 21.5. The summed E-state index contributed by atoms with van der Waals surface area (Å²) in [7, 11) is 0. The fourth-order valence-corrected chi connectivity index (χ4v) is 5.43. The fraction of sp³-hybridized carbons (Fsp3) is 0.176. The van der Waals surface area contributed by atoms with Gasteiger partial charge in [0.15, 0.2) is 0 Å². The molecule has 0 heterocycles. The number of ether oxygens (including phenoxy) is 2. The number of hydrogen-bond acceptors (Lipinski definition) is 4. The van der Waals surface area contributed by atoms with Gasteiger partial charge in [-0.15, -0.1) is 0 Å². The summed E-state index contributed by atoms with van der Waals surface area (Å²) in [6, 6.07) is 33.3. The lowest BCUT2D eigenvalue weighted by atomic mass is 9.85. The molecule has 4 nitrogen and oxygen atoms in total. The third-order valence-electron chi connectivity index (χ3n) is 6.95. The average molecular weight is 503 g/mol. The number of aliphatic hydroxyl groups is 2. The molecule has 0 aliphatic carbocycles. The molecule has 0 aliphatic heterocycles. The second-order valence-electron chi connectivity index (χ2n) is 9.91. The Hall–Kier alpha value is -4.12. The van der Waals surface area contributed by atoms with E-state index >= 15 is 0 Å². The minimum absolute atomic E-state index is 0.217. The Kier molecular flexibility index (Phi) is 6.36. The number of benzene rings is 6. The molecule has 2 unspecified atom stereocenters. The van der Waals surface area contributed by atoms with Crippen molar-refractivity contribution in [2.45, 2.75) is 26.1 Å². The van der Waals surface area contributed by atoms with E-state index < -0.39 is 12.2 Å². The minimum Gasteiger partial charge on any atom is -0.490 e. The van der Waals surface area contributed by atoms with Crippen LogP contribution in [-0.4, -0.2) is 35.6 Å². The van der Waals surface area contributed by atoms with Gasteiger partial charge in [-0.2, -0.15) is 0 Å². The van der Waals surface area contributed by atoms with Crippen molar-refractivity contribution >= 4 is 43.1 Å². The molecule has 2 atom stereocenters. The van der Waals surface area contributed by atoms with Crippen LogP contribution in [0.2, 0.25) is 0 Å². The van der Waals surface area contributed by atoms with E-state index in [0.717, 1.165) is 65.7 Å². The smallest absolute Gasteiger partial charge is 0.135 e. The molecule has 0 saturated heterocycles. The molecule has 0 bridgehead atoms. The first-order valence-corrected chi connectivity index (χ1v) is 13.0. The van der Waals surface area contributed by atoms with E-state index in [1.807, 2.05) is 24.3 Å². The predicted molar refractivity (Wildman–Crippen MR) is 156 cm³/mol. The molecule has 0 amide bonds. The molecule has 0 fully saturated rings. The number of hydrogen-bond donors (Lipinski definition) is 2. The largest absolute Gasteiger partial charge is 0.490 e. The van der Waals surface area contributed by atoms with Crippen LogP contribution in [0, 0.1) is 0 Å². The molecule has 0 aliphatic rings. The summed E-state index contributed by atoms with van der Waals surface area (Å²) in [6.45, 7) is 3.90. The summed E-state index contributed by atoms with van der Waals surface area (Å²) in [5.74, 6) is 1.57. The maximum absolute atomic E-state index is 9.98. The molecule has 0 spiro atoms. The minimum atomic E-state index is -0.575. The Morgan fingerprint density at radius 2 is 0.684 bits per heavy atom. The quantitative estimate of drug-likeness (QED) is 0.222. The molecular weight excluding hydrogens is 472 g/mol. The SMILES string of the molecule is CC(O)COc1c2ccccc2c(-c2c3ccccc3c(OCC(C)O)c3ccccc23)c2ccccc12. The van der Waals surface area contributed by atoms with Crippen molar-refractivity contribution in [3.63, 3.8) is 0 Å². The first-order chi connectivity index (χ1) is 18.5. The van der Waals surface area contributed by atoms with Crippen LogP contribution in [0.15, 0.2) is 97.1 Å². The van der Waals surface area contributed by atoms with Crippen LogP contribution in [0.4, 0.5) is 0 Å². The molecule has 2 N–H and O–H groups in total. The maximum atomic E-state index is 9.98. The van der Waals surface area contributed by atoms with Crippen LogP contribution < -0.4 is 9.47 Å². The number of aliphatic hydroxyl groups excluding tert-OH is 2. The molecule has 38 heavy (non-hydrogen) atoms. The van der Waals surface area contributed by atoms with Crippen LogP contribution in [0.1, 0.15) is 13.8 Å². The van der Waals surface area contributed by atoms with E-state index in [9.17, 15) is 10.2 Å². The maximum Gasteiger partial charge on any atom is 0.135 e. The van der Waals surface area contributed by atoms with Gasteiger partial charge in [-0.3, -0.25) is 0 Å². The van der Waals surface area contributed by atoms with E-state index in [-0.39, 0.29) is 13.2 Å². The number of rotatable bonds is 7. The van der Waals surface area contributed by atoms with Gasteiger partial charge in [-0.25, -0.2) is 0 Å². The van der Waals surface area contributed by atoms with Gasteiger partial charge in [0.2, 0.25) is 0 Å². The Labute approximate surface area is 221 Å². The Morgan fingerprint density at radius 3 is 0.921 bits per heavy atom. The van der Waals surface area contributed by atoms with Crippen molar-refractivity contribution in [2.75, 3.05) is 13.2 Å². The van der Waals surface area contributed by atoms with Crippen LogP contribution in [-0.2, 0) is 0 Å². The highest BCUT2D eigenvalue weighted by molar-refractivity contribution is 6.26. The van der Waals surface area contributed by atoms with Gasteiger partial charge in [0.1, 0.15) is 24.7 Å². The lowest BCUT2D eigenvalue weighted by Gasteiger charge is -2.22. The van der Waals surface area contributed by atoms with Crippen molar-refractivity contribution in [1.29, 1.82) is 0 Å². The fourth-order valence-electron chi connectivity index (χ4n) is 5.43. The van der Waals surface area contributed by atoms with Crippen LogP contribution >= 0.6 is 0 Å². The van der Waals surface area contributed by atoms with Crippen molar-refractivity contribution in [3.8, 4) is 22.6 Å². The first-order valence-electron chi connectivity index (χ1n) is 13.0. The van der Waals surface area contributed by atoms with E-state index in [1.165, 1.54) is 0 Å². The highest BCUT2D eigenvalue weighted by atomic mass is 16.5. The molecule has 190 valence electrons. The monoisotopic (exact) mass is 502 g/mol. The molecule has 0 saturated carbocycles. The van der Waals surface area contributed by atoms with Gasteiger partial charge in [0.05, 0.1) is 12.2 Å². The van der Waals surface area contributed by atoms with E-state index in [1.54, 1.807) is 13.8 Å². The zero-order valence-electron chi connectivity index (χ0n) is 21.5. The van der Waals surface area contributed by atoms with Crippen molar-refractivity contribution in [2.24, 2.45) is 0 Å². The van der Waals surface area contributed by atoms with Crippen LogP contribution in [0.3, 0.4) is 0 Å². The van der Waals surface area contributed by atoms with Gasteiger partial charge >= 0.3 is 0 Å². The van der Waals surface area contributed by atoms with Crippen LogP contribution in [0.25, 0.3) is 54.2 Å². The van der Waals surface area contributed by atoms with Gasteiger partial charge in [-0.1, -0.05) is 97.1 Å². The lowest BCUT2D eigenvalue weighted by Crippen LogP contribution is -2.13. The van der Waals surface area contributed by atoms with Crippen molar-refractivity contribution in [3.05, 3.63) is 97.1 Å². The molecule has 6 aromatic carbocycles. The lowest BCUT2D eigenvalue weighted by molar-refractivity contribution is 0.124. The van der Waals surface area contributed by atoms with Crippen molar-refractivity contribution < 1.29 is 19.7 Å².